The molecule has 1 amide bonds. The van der Waals surface area contributed by atoms with E-state index in [4.69, 9.17) is 10.5 Å². The number of rotatable bonds is 5. The van der Waals surface area contributed by atoms with Crippen molar-refractivity contribution in [2.45, 2.75) is 26.9 Å². The van der Waals surface area contributed by atoms with Crippen molar-refractivity contribution in [2.24, 2.45) is 0 Å². The molecule has 0 aliphatic rings. The number of ether oxygens (including phenoxy) is 1. The lowest BCUT2D eigenvalue weighted by atomic mass is 10.2. The molecule has 2 N–H and O–H groups in total. The molecule has 0 heterocycles. The number of carbonyl (C=O) groups is 2. The number of likely N-dealkylation sites (N-methyl/N-ethyl adjacent to an activating group) is 1. The SMILES string of the molecule is CCN(CC)C(=O)C(C)OC(=O)c1ccc(F)cc1N. The molecule has 0 radical (unpaired) electrons. The van der Waals surface area contributed by atoms with Gasteiger partial charge < -0.3 is 15.4 Å². The molecule has 0 saturated heterocycles. The van der Waals surface area contributed by atoms with Gasteiger partial charge in [-0.05, 0) is 39.0 Å². The molecule has 1 rings (SSSR count). The van der Waals surface area contributed by atoms with Gasteiger partial charge in [0.05, 0.1) is 5.56 Å². The van der Waals surface area contributed by atoms with Gasteiger partial charge in [-0.15, -0.1) is 0 Å². The average Bonchev–Trinajstić information content (AvgIpc) is 2.39. The molecule has 20 heavy (non-hydrogen) atoms. The second-order valence-corrected chi connectivity index (χ2v) is 4.29. The van der Waals surface area contributed by atoms with Crippen molar-refractivity contribution in [2.75, 3.05) is 18.8 Å². The number of esters is 1. The minimum atomic E-state index is -0.910. The smallest absolute Gasteiger partial charge is 0.341 e. The zero-order valence-electron chi connectivity index (χ0n) is 11.9. The quantitative estimate of drug-likeness (QED) is 0.660. The Bertz CT molecular complexity index is 501. The molecular formula is C14H19FN2O3. The van der Waals surface area contributed by atoms with Crippen molar-refractivity contribution in [1.82, 2.24) is 4.90 Å². The summed E-state index contributed by atoms with van der Waals surface area (Å²) in [7, 11) is 0. The van der Waals surface area contributed by atoms with Crippen LogP contribution in [0.15, 0.2) is 18.2 Å². The van der Waals surface area contributed by atoms with Crippen LogP contribution in [0.2, 0.25) is 0 Å². The maximum absolute atomic E-state index is 12.9. The molecule has 1 atom stereocenters. The molecule has 0 fully saturated rings. The molecule has 1 aromatic rings. The van der Waals surface area contributed by atoms with Crippen LogP contribution in [0.1, 0.15) is 31.1 Å². The lowest BCUT2D eigenvalue weighted by molar-refractivity contribution is -0.139. The highest BCUT2D eigenvalue weighted by atomic mass is 19.1. The van der Waals surface area contributed by atoms with E-state index in [-0.39, 0.29) is 17.2 Å². The first kappa shape index (κ1) is 15.9. The number of benzene rings is 1. The first-order valence-corrected chi connectivity index (χ1v) is 6.45. The van der Waals surface area contributed by atoms with Crippen LogP contribution in [0.3, 0.4) is 0 Å². The number of nitrogens with zero attached hydrogens (tertiary/aromatic N) is 1. The first-order valence-electron chi connectivity index (χ1n) is 6.45. The summed E-state index contributed by atoms with van der Waals surface area (Å²) in [4.78, 5) is 25.4. The highest BCUT2D eigenvalue weighted by Crippen LogP contribution is 2.15. The second-order valence-electron chi connectivity index (χ2n) is 4.29. The van der Waals surface area contributed by atoms with Gasteiger partial charge in [-0.25, -0.2) is 9.18 Å². The van der Waals surface area contributed by atoms with Crippen LogP contribution in [-0.2, 0) is 9.53 Å². The highest BCUT2D eigenvalue weighted by molar-refractivity contribution is 5.96. The third-order valence-corrected chi connectivity index (χ3v) is 2.94. The molecule has 110 valence electrons. The Morgan fingerprint density at radius 3 is 2.45 bits per heavy atom. The average molecular weight is 282 g/mol. The van der Waals surface area contributed by atoms with E-state index >= 15 is 0 Å². The van der Waals surface area contributed by atoms with E-state index in [1.54, 1.807) is 4.90 Å². The van der Waals surface area contributed by atoms with Crippen molar-refractivity contribution in [1.29, 1.82) is 0 Å². The fraction of sp³-hybridized carbons (Fsp3) is 0.429. The highest BCUT2D eigenvalue weighted by Gasteiger charge is 2.23. The minimum Gasteiger partial charge on any atom is -0.449 e. The summed E-state index contributed by atoms with van der Waals surface area (Å²) in [5.74, 6) is -1.55. The Labute approximate surface area is 117 Å². The first-order chi connectivity index (χ1) is 9.40. The molecule has 5 nitrogen and oxygen atoms in total. The predicted molar refractivity (Wildman–Crippen MR) is 73.6 cm³/mol. The molecule has 0 aliphatic carbocycles. The van der Waals surface area contributed by atoms with Crippen LogP contribution < -0.4 is 5.73 Å². The lowest BCUT2D eigenvalue weighted by Gasteiger charge is -2.22. The van der Waals surface area contributed by atoms with E-state index in [1.807, 2.05) is 13.8 Å². The molecular weight excluding hydrogens is 263 g/mol. The Morgan fingerprint density at radius 1 is 1.35 bits per heavy atom. The van der Waals surface area contributed by atoms with Gasteiger partial charge in [0, 0.05) is 18.8 Å². The standard InChI is InChI=1S/C14H19FN2O3/c1-4-17(5-2)13(18)9(3)20-14(19)11-7-6-10(15)8-12(11)16/h6-9H,4-5,16H2,1-3H3. The second kappa shape index (κ2) is 6.88. The number of carbonyl (C=O) groups excluding carboxylic acids is 2. The fourth-order valence-electron chi connectivity index (χ4n) is 1.79. The summed E-state index contributed by atoms with van der Waals surface area (Å²) in [5, 5.41) is 0. The summed E-state index contributed by atoms with van der Waals surface area (Å²) < 4.78 is 18.0. The third kappa shape index (κ3) is 3.69. The Kier molecular flexibility index (Phi) is 5.49. The van der Waals surface area contributed by atoms with Crippen LogP contribution in [-0.4, -0.2) is 36.0 Å². The van der Waals surface area contributed by atoms with Crippen LogP contribution in [0, 0.1) is 5.82 Å². The van der Waals surface area contributed by atoms with Crippen molar-refractivity contribution in [3.63, 3.8) is 0 Å². The van der Waals surface area contributed by atoms with Crippen molar-refractivity contribution in [3.05, 3.63) is 29.6 Å². The molecule has 1 unspecified atom stereocenters. The zero-order valence-corrected chi connectivity index (χ0v) is 11.9. The Hall–Kier alpha value is -2.11. The normalized spacial score (nSPS) is 11.8. The Morgan fingerprint density at radius 2 is 1.95 bits per heavy atom. The van der Waals surface area contributed by atoms with Gasteiger partial charge in [0.2, 0.25) is 0 Å². The number of hydrogen-bond donors (Lipinski definition) is 1. The largest absolute Gasteiger partial charge is 0.449 e. The van der Waals surface area contributed by atoms with Crippen molar-refractivity contribution in [3.8, 4) is 0 Å². The summed E-state index contributed by atoms with van der Waals surface area (Å²) in [6, 6.07) is 3.39. The van der Waals surface area contributed by atoms with E-state index in [2.05, 4.69) is 0 Å². The molecule has 0 spiro atoms. The van der Waals surface area contributed by atoms with Crippen LogP contribution in [0.25, 0.3) is 0 Å². The summed E-state index contributed by atoms with van der Waals surface area (Å²) in [5.41, 5.74) is 5.58. The monoisotopic (exact) mass is 282 g/mol. The van der Waals surface area contributed by atoms with Crippen LogP contribution >= 0.6 is 0 Å². The van der Waals surface area contributed by atoms with Crippen LogP contribution in [0.5, 0.6) is 0 Å². The molecule has 0 aromatic heterocycles. The fourth-order valence-corrected chi connectivity index (χ4v) is 1.79. The van der Waals surface area contributed by atoms with Crippen molar-refractivity contribution < 1.29 is 18.7 Å². The number of nitrogens with two attached hydrogens (primary N) is 1. The molecule has 0 aliphatic heterocycles. The van der Waals surface area contributed by atoms with Gasteiger partial charge >= 0.3 is 5.97 Å². The maximum atomic E-state index is 12.9. The van der Waals surface area contributed by atoms with E-state index in [9.17, 15) is 14.0 Å². The van der Waals surface area contributed by atoms with Gasteiger partial charge in [-0.3, -0.25) is 4.79 Å². The van der Waals surface area contributed by atoms with E-state index in [0.717, 1.165) is 12.1 Å². The van der Waals surface area contributed by atoms with E-state index < -0.39 is 17.9 Å². The summed E-state index contributed by atoms with van der Waals surface area (Å²) >= 11 is 0. The van der Waals surface area contributed by atoms with E-state index in [1.165, 1.54) is 13.0 Å². The van der Waals surface area contributed by atoms with E-state index in [0.29, 0.717) is 13.1 Å². The van der Waals surface area contributed by atoms with Crippen LogP contribution in [0.4, 0.5) is 10.1 Å². The topological polar surface area (TPSA) is 72.6 Å². The van der Waals surface area contributed by atoms with Gasteiger partial charge in [-0.1, -0.05) is 0 Å². The molecule has 6 heteroatoms. The molecule has 0 saturated carbocycles. The maximum Gasteiger partial charge on any atom is 0.341 e. The number of amides is 1. The number of anilines is 1. The van der Waals surface area contributed by atoms with Gasteiger partial charge in [-0.2, -0.15) is 0 Å². The predicted octanol–water partition coefficient (Wildman–Crippen LogP) is 1.82. The molecule has 1 aromatic carbocycles. The minimum absolute atomic E-state index is 0.0162. The van der Waals surface area contributed by atoms with Gasteiger partial charge in [0.25, 0.3) is 5.91 Å². The third-order valence-electron chi connectivity index (χ3n) is 2.94. The summed E-state index contributed by atoms with van der Waals surface area (Å²) in [6.45, 7) is 6.26. The molecule has 0 bridgehead atoms. The van der Waals surface area contributed by atoms with Crippen molar-refractivity contribution >= 4 is 17.6 Å². The zero-order chi connectivity index (χ0) is 15.3. The number of nitrogen functional groups attached to an aromatic ring is 1. The number of halogens is 1. The number of hydrogen-bond acceptors (Lipinski definition) is 4. The van der Waals surface area contributed by atoms with Gasteiger partial charge in [0.1, 0.15) is 5.82 Å². The lowest BCUT2D eigenvalue weighted by Crippen LogP contribution is -2.39. The van der Waals surface area contributed by atoms with Gasteiger partial charge in [0.15, 0.2) is 6.10 Å². The summed E-state index contributed by atoms with van der Waals surface area (Å²) in [6.07, 6.45) is -0.910. The Balaban J connectivity index is 2.77.